The van der Waals surface area contributed by atoms with Crippen molar-refractivity contribution in [1.29, 1.82) is 0 Å². The van der Waals surface area contributed by atoms with Crippen molar-refractivity contribution >= 4 is 16.9 Å². The largest absolute Gasteiger partial charge is 0.489 e. The van der Waals surface area contributed by atoms with Gasteiger partial charge in [0, 0.05) is 19.8 Å². The third-order valence-corrected chi connectivity index (χ3v) is 7.87. The number of benzene rings is 1. The SMILES string of the molecule is O=C(O)C1(CN2CCC(COc3noc4cccc(OC5CCCCC5)c34)CC2)CCOCC1. The summed E-state index contributed by atoms with van der Waals surface area (Å²) in [6.07, 6.45) is 9.29. The van der Waals surface area contributed by atoms with E-state index in [0.717, 1.165) is 49.9 Å². The lowest BCUT2D eigenvalue weighted by Crippen LogP contribution is -2.49. The molecule has 0 amide bonds. The minimum absolute atomic E-state index is 0.247. The summed E-state index contributed by atoms with van der Waals surface area (Å²) >= 11 is 0. The molecule has 3 heterocycles. The number of piperidine rings is 1. The van der Waals surface area contributed by atoms with Gasteiger partial charge in [-0.15, -0.1) is 0 Å². The Bertz CT molecular complexity index is 955. The summed E-state index contributed by atoms with van der Waals surface area (Å²) in [5.41, 5.74) is 0.0178. The standard InChI is InChI=1S/C26H36N2O6/c29-25(30)26(11-15-31-16-12-26)18-28-13-9-19(10-14-28)17-32-24-23-21(7-4-8-22(23)34-27-24)33-20-5-2-1-3-6-20/h4,7-8,19-20H,1-3,5-6,9-18H2,(H,29,30). The number of carboxylic acid groups (broad SMARTS) is 1. The highest BCUT2D eigenvalue weighted by molar-refractivity contribution is 5.88. The van der Waals surface area contributed by atoms with Crippen LogP contribution in [0.3, 0.4) is 0 Å². The molecule has 5 rings (SSSR count). The molecular formula is C26H36N2O6. The van der Waals surface area contributed by atoms with Gasteiger partial charge in [0.25, 0.3) is 5.88 Å². The highest BCUT2D eigenvalue weighted by atomic mass is 16.5. The van der Waals surface area contributed by atoms with Crippen molar-refractivity contribution in [3.8, 4) is 11.6 Å². The normalized spacial score (nSPS) is 22.6. The van der Waals surface area contributed by atoms with Crippen molar-refractivity contribution in [2.24, 2.45) is 11.3 Å². The predicted octanol–water partition coefficient (Wildman–Crippen LogP) is 4.51. The van der Waals surface area contributed by atoms with Crippen molar-refractivity contribution < 1.29 is 28.6 Å². The first-order valence-corrected chi connectivity index (χ1v) is 12.8. The number of hydrogen-bond acceptors (Lipinski definition) is 7. The van der Waals surface area contributed by atoms with Crippen LogP contribution in [0.2, 0.25) is 0 Å². The Balaban J connectivity index is 1.16. The van der Waals surface area contributed by atoms with Crippen molar-refractivity contribution in [3.05, 3.63) is 18.2 Å². The van der Waals surface area contributed by atoms with E-state index < -0.39 is 11.4 Å². The fourth-order valence-corrected chi connectivity index (χ4v) is 5.63. The summed E-state index contributed by atoms with van der Waals surface area (Å²) in [7, 11) is 0. The maximum Gasteiger partial charge on any atom is 0.311 e. The van der Waals surface area contributed by atoms with Crippen LogP contribution in [0, 0.1) is 11.3 Å². The minimum Gasteiger partial charge on any atom is -0.489 e. The van der Waals surface area contributed by atoms with Crippen LogP contribution in [-0.4, -0.2) is 66.7 Å². The number of aliphatic carboxylic acids is 1. The Kier molecular flexibility index (Phi) is 7.25. The van der Waals surface area contributed by atoms with E-state index in [4.69, 9.17) is 18.7 Å². The first-order valence-electron chi connectivity index (χ1n) is 12.8. The number of rotatable bonds is 8. The average Bonchev–Trinajstić information content (AvgIpc) is 3.29. The van der Waals surface area contributed by atoms with E-state index >= 15 is 0 Å². The van der Waals surface area contributed by atoms with Crippen molar-refractivity contribution in [3.63, 3.8) is 0 Å². The first-order chi connectivity index (χ1) is 16.6. The lowest BCUT2D eigenvalue weighted by Gasteiger charge is -2.40. The van der Waals surface area contributed by atoms with Gasteiger partial charge in [-0.25, -0.2) is 0 Å². The molecule has 1 aliphatic carbocycles. The van der Waals surface area contributed by atoms with E-state index in [1.807, 2.05) is 18.2 Å². The molecule has 1 aromatic carbocycles. The van der Waals surface area contributed by atoms with Crippen LogP contribution in [0.1, 0.15) is 57.8 Å². The van der Waals surface area contributed by atoms with Gasteiger partial charge in [0.2, 0.25) is 0 Å². The van der Waals surface area contributed by atoms with Gasteiger partial charge < -0.3 is 28.7 Å². The highest BCUT2D eigenvalue weighted by Crippen LogP contribution is 2.37. The average molecular weight is 473 g/mol. The second-order valence-corrected chi connectivity index (χ2v) is 10.2. The molecule has 8 nitrogen and oxygen atoms in total. The summed E-state index contributed by atoms with van der Waals surface area (Å²) in [5.74, 6) is 1.03. The molecule has 186 valence electrons. The van der Waals surface area contributed by atoms with Crippen LogP contribution < -0.4 is 9.47 Å². The van der Waals surface area contributed by atoms with Gasteiger partial charge in [-0.1, -0.05) is 12.5 Å². The Morgan fingerprint density at radius 3 is 2.62 bits per heavy atom. The van der Waals surface area contributed by atoms with Crippen molar-refractivity contribution in [2.75, 3.05) is 39.5 Å². The maximum atomic E-state index is 12.0. The quantitative estimate of drug-likeness (QED) is 0.600. The number of nitrogens with zero attached hydrogens (tertiary/aromatic N) is 2. The molecule has 0 bridgehead atoms. The van der Waals surface area contributed by atoms with Gasteiger partial charge in [-0.3, -0.25) is 4.79 Å². The van der Waals surface area contributed by atoms with Crippen LogP contribution in [-0.2, 0) is 9.53 Å². The molecule has 0 radical (unpaired) electrons. The maximum absolute atomic E-state index is 12.0. The number of carbonyl (C=O) groups is 1. The Labute approximate surface area is 200 Å². The zero-order valence-corrected chi connectivity index (χ0v) is 19.9. The van der Waals surface area contributed by atoms with Gasteiger partial charge in [-0.05, 0) is 87.7 Å². The number of likely N-dealkylation sites (tertiary alicyclic amines) is 1. The van der Waals surface area contributed by atoms with Gasteiger partial charge in [0.15, 0.2) is 5.58 Å². The van der Waals surface area contributed by atoms with Crippen molar-refractivity contribution in [2.45, 2.75) is 63.9 Å². The van der Waals surface area contributed by atoms with Crippen LogP contribution in [0.5, 0.6) is 11.6 Å². The van der Waals surface area contributed by atoms with E-state index in [-0.39, 0.29) is 6.10 Å². The topological polar surface area (TPSA) is 94.3 Å². The van der Waals surface area contributed by atoms with Gasteiger partial charge in [0.05, 0.1) is 18.1 Å². The number of hydrogen-bond donors (Lipinski definition) is 1. The molecule has 1 saturated carbocycles. The van der Waals surface area contributed by atoms with Crippen LogP contribution in [0.15, 0.2) is 22.7 Å². The first kappa shape index (κ1) is 23.4. The summed E-state index contributed by atoms with van der Waals surface area (Å²) in [6, 6.07) is 5.82. The molecule has 0 spiro atoms. The lowest BCUT2D eigenvalue weighted by atomic mass is 9.79. The predicted molar refractivity (Wildman–Crippen MR) is 126 cm³/mol. The summed E-state index contributed by atoms with van der Waals surface area (Å²) < 4.78 is 23.4. The lowest BCUT2D eigenvalue weighted by molar-refractivity contribution is -0.157. The molecule has 2 saturated heterocycles. The van der Waals surface area contributed by atoms with Crippen LogP contribution >= 0.6 is 0 Å². The summed E-state index contributed by atoms with van der Waals surface area (Å²) in [6.45, 7) is 4.03. The molecular weight excluding hydrogens is 436 g/mol. The summed E-state index contributed by atoms with van der Waals surface area (Å²) in [5, 5.41) is 14.9. The van der Waals surface area contributed by atoms with E-state index in [0.29, 0.717) is 56.6 Å². The molecule has 8 heteroatoms. The zero-order chi connectivity index (χ0) is 23.4. The van der Waals surface area contributed by atoms with Gasteiger partial charge >= 0.3 is 5.97 Å². The Hall–Kier alpha value is -2.32. The molecule has 0 atom stereocenters. The monoisotopic (exact) mass is 472 g/mol. The number of ether oxygens (including phenoxy) is 3. The summed E-state index contributed by atoms with van der Waals surface area (Å²) in [4.78, 5) is 14.3. The molecule has 3 fully saturated rings. The second kappa shape index (κ2) is 10.5. The number of fused-ring (bicyclic) bond motifs is 1. The van der Waals surface area contributed by atoms with Crippen LogP contribution in [0.25, 0.3) is 11.0 Å². The number of aromatic nitrogens is 1. The zero-order valence-electron chi connectivity index (χ0n) is 19.9. The van der Waals surface area contributed by atoms with Crippen molar-refractivity contribution in [1.82, 2.24) is 10.1 Å². The third kappa shape index (κ3) is 5.18. The molecule has 2 aromatic rings. The smallest absolute Gasteiger partial charge is 0.311 e. The van der Waals surface area contributed by atoms with Crippen LogP contribution in [0.4, 0.5) is 0 Å². The minimum atomic E-state index is -0.689. The fourth-order valence-electron chi connectivity index (χ4n) is 5.63. The van der Waals surface area contributed by atoms with E-state index in [1.54, 1.807) is 0 Å². The van der Waals surface area contributed by atoms with E-state index in [2.05, 4.69) is 10.1 Å². The Morgan fingerprint density at radius 2 is 1.88 bits per heavy atom. The van der Waals surface area contributed by atoms with E-state index in [1.165, 1.54) is 19.3 Å². The van der Waals surface area contributed by atoms with E-state index in [9.17, 15) is 9.90 Å². The van der Waals surface area contributed by atoms with Gasteiger partial charge in [0.1, 0.15) is 11.1 Å². The fraction of sp³-hybridized carbons (Fsp3) is 0.692. The molecule has 0 unspecified atom stereocenters. The molecule has 2 aliphatic heterocycles. The number of carboxylic acids is 1. The molecule has 3 aliphatic rings. The molecule has 1 aromatic heterocycles. The highest BCUT2D eigenvalue weighted by Gasteiger charge is 2.42. The Morgan fingerprint density at radius 1 is 1.12 bits per heavy atom. The molecule has 1 N–H and O–H groups in total. The second-order valence-electron chi connectivity index (χ2n) is 10.2. The van der Waals surface area contributed by atoms with Gasteiger partial charge in [-0.2, -0.15) is 0 Å². The molecule has 34 heavy (non-hydrogen) atoms. The third-order valence-electron chi connectivity index (χ3n) is 7.87.